The minimum atomic E-state index is -0.391. The van der Waals surface area contributed by atoms with E-state index >= 15 is 0 Å². The molecular weight excluding hydrogens is 353 g/mol. The van der Waals surface area contributed by atoms with Crippen molar-refractivity contribution >= 4 is 5.91 Å². The van der Waals surface area contributed by atoms with Crippen LogP contribution >= 0.6 is 0 Å². The van der Waals surface area contributed by atoms with Gasteiger partial charge in [0.15, 0.2) is 11.5 Å². The summed E-state index contributed by atoms with van der Waals surface area (Å²) < 4.78 is 24.7. The molecule has 1 aliphatic rings. The van der Waals surface area contributed by atoms with Crippen LogP contribution in [-0.4, -0.2) is 45.4 Å². The summed E-state index contributed by atoms with van der Waals surface area (Å²) in [6, 6.07) is 13.2. The Morgan fingerprint density at radius 2 is 2.07 bits per heavy atom. The van der Waals surface area contributed by atoms with Crippen LogP contribution in [0, 0.1) is 5.82 Å². The summed E-state index contributed by atoms with van der Waals surface area (Å²) in [5.41, 5.74) is 0.494. The number of carbonyl (C=O) groups excluding carboxylic acids is 1. The Bertz CT molecular complexity index is 961. The molecule has 2 heterocycles. The van der Waals surface area contributed by atoms with Gasteiger partial charge in [-0.25, -0.2) is 4.39 Å². The molecule has 0 saturated carbocycles. The van der Waals surface area contributed by atoms with E-state index in [1.54, 1.807) is 12.1 Å². The largest absolute Gasteiger partial charge is 0.486 e. The number of hydrogen-bond acceptors (Lipinski definition) is 6. The van der Waals surface area contributed by atoms with E-state index in [0.717, 1.165) is 4.80 Å². The summed E-state index contributed by atoms with van der Waals surface area (Å²) in [5, 5.41) is 14.5. The third-order valence-electron chi connectivity index (χ3n) is 3.92. The van der Waals surface area contributed by atoms with Crippen LogP contribution in [0.25, 0.3) is 11.4 Å². The number of benzene rings is 2. The Kier molecular flexibility index (Phi) is 4.65. The number of aromatic nitrogens is 4. The monoisotopic (exact) mass is 369 g/mol. The standard InChI is InChI=1S/C18H16FN5O3/c19-13-5-3-4-12(8-13)18-21-23-24(22-18)10-17(25)20-9-14-11-26-15-6-1-2-7-16(15)27-14/h1-8,14H,9-11H2,(H,20,25). The van der Waals surface area contributed by atoms with E-state index in [0.29, 0.717) is 30.2 Å². The van der Waals surface area contributed by atoms with Crippen LogP contribution < -0.4 is 14.8 Å². The number of tetrazole rings is 1. The van der Waals surface area contributed by atoms with Gasteiger partial charge in [-0.05, 0) is 29.5 Å². The number of rotatable bonds is 5. The summed E-state index contributed by atoms with van der Waals surface area (Å²) in [6.45, 7) is 0.535. The van der Waals surface area contributed by atoms with Crippen molar-refractivity contribution in [1.29, 1.82) is 0 Å². The van der Waals surface area contributed by atoms with Crippen molar-refractivity contribution in [1.82, 2.24) is 25.5 Å². The van der Waals surface area contributed by atoms with E-state index in [4.69, 9.17) is 9.47 Å². The molecule has 9 heteroatoms. The normalized spacial score (nSPS) is 15.4. The summed E-state index contributed by atoms with van der Waals surface area (Å²) in [5.74, 6) is 0.916. The fraction of sp³-hybridized carbons (Fsp3) is 0.222. The van der Waals surface area contributed by atoms with E-state index in [-0.39, 0.29) is 24.4 Å². The lowest BCUT2D eigenvalue weighted by Crippen LogP contribution is -2.41. The molecule has 1 unspecified atom stereocenters. The van der Waals surface area contributed by atoms with Gasteiger partial charge in [0.1, 0.15) is 25.1 Å². The van der Waals surface area contributed by atoms with E-state index < -0.39 is 5.82 Å². The summed E-state index contributed by atoms with van der Waals surface area (Å²) >= 11 is 0. The van der Waals surface area contributed by atoms with Crippen LogP contribution in [0.2, 0.25) is 0 Å². The van der Waals surface area contributed by atoms with Gasteiger partial charge in [0.25, 0.3) is 0 Å². The lowest BCUT2D eigenvalue weighted by Gasteiger charge is -2.26. The molecular formula is C18H16FN5O3. The Morgan fingerprint density at radius 3 is 2.93 bits per heavy atom. The fourth-order valence-corrected chi connectivity index (χ4v) is 2.63. The topological polar surface area (TPSA) is 91.2 Å². The van der Waals surface area contributed by atoms with Gasteiger partial charge in [-0.15, -0.1) is 10.2 Å². The molecule has 0 saturated heterocycles. The van der Waals surface area contributed by atoms with Crippen molar-refractivity contribution in [2.75, 3.05) is 13.2 Å². The Balaban J connectivity index is 1.30. The molecule has 1 aromatic heterocycles. The summed E-state index contributed by atoms with van der Waals surface area (Å²) in [6.07, 6.45) is -0.282. The fourth-order valence-electron chi connectivity index (χ4n) is 2.63. The maximum Gasteiger partial charge on any atom is 0.243 e. The highest BCUT2D eigenvalue weighted by molar-refractivity contribution is 5.75. The second-order valence-electron chi connectivity index (χ2n) is 5.96. The molecule has 8 nitrogen and oxygen atoms in total. The highest BCUT2D eigenvalue weighted by Crippen LogP contribution is 2.30. The average Bonchev–Trinajstić information content (AvgIpc) is 3.15. The zero-order valence-electron chi connectivity index (χ0n) is 14.2. The zero-order valence-corrected chi connectivity index (χ0v) is 14.2. The second-order valence-corrected chi connectivity index (χ2v) is 5.96. The second kappa shape index (κ2) is 7.40. The van der Waals surface area contributed by atoms with Crippen LogP contribution in [0.4, 0.5) is 4.39 Å². The molecule has 0 fully saturated rings. The first kappa shape index (κ1) is 17.0. The van der Waals surface area contributed by atoms with Crippen molar-refractivity contribution in [2.45, 2.75) is 12.6 Å². The number of nitrogens with one attached hydrogen (secondary N) is 1. The van der Waals surface area contributed by atoms with E-state index in [9.17, 15) is 9.18 Å². The van der Waals surface area contributed by atoms with Gasteiger partial charge in [-0.1, -0.05) is 24.3 Å². The number of para-hydroxylation sites is 2. The highest BCUT2D eigenvalue weighted by atomic mass is 19.1. The number of amides is 1. The highest BCUT2D eigenvalue weighted by Gasteiger charge is 2.21. The van der Waals surface area contributed by atoms with Gasteiger partial charge in [0, 0.05) is 5.56 Å². The summed E-state index contributed by atoms with van der Waals surface area (Å²) in [7, 11) is 0. The van der Waals surface area contributed by atoms with Crippen LogP contribution in [0.1, 0.15) is 0 Å². The molecule has 4 rings (SSSR count). The van der Waals surface area contributed by atoms with Gasteiger partial charge < -0.3 is 14.8 Å². The number of nitrogens with zero attached hydrogens (tertiary/aromatic N) is 4. The first-order valence-corrected chi connectivity index (χ1v) is 8.36. The van der Waals surface area contributed by atoms with E-state index in [1.165, 1.54) is 12.1 Å². The predicted molar refractivity (Wildman–Crippen MR) is 92.6 cm³/mol. The van der Waals surface area contributed by atoms with Crippen molar-refractivity contribution in [3.8, 4) is 22.9 Å². The smallest absolute Gasteiger partial charge is 0.243 e. The Hall–Kier alpha value is -3.49. The molecule has 0 aliphatic carbocycles. The average molecular weight is 369 g/mol. The third-order valence-corrected chi connectivity index (χ3v) is 3.92. The van der Waals surface area contributed by atoms with Crippen LogP contribution in [0.3, 0.4) is 0 Å². The zero-order chi connectivity index (χ0) is 18.6. The molecule has 1 amide bonds. The Labute approximate surface area is 153 Å². The first-order valence-electron chi connectivity index (χ1n) is 8.36. The van der Waals surface area contributed by atoms with Crippen LogP contribution in [0.5, 0.6) is 11.5 Å². The third kappa shape index (κ3) is 4.02. The summed E-state index contributed by atoms with van der Waals surface area (Å²) in [4.78, 5) is 13.3. The molecule has 0 bridgehead atoms. The van der Waals surface area contributed by atoms with Crippen molar-refractivity contribution < 1.29 is 18.7 Å². The Morgan fingerprint density at radius 1 is 1.22 bits per heavy atom. The maximum absolute atomic E-state index is 13.3. The molecule has 3 aromatic rings. The van der Waals surface area contributed by atoms with Crippen molar-refractivity contribution in [2.24, 2.45) is 0 Å². The van der Waals surface area contributed by atoms with Gasteiger partial charge in [-0.3, -0.25) is 4.79 Å². The molecule has 1 N–H and O–H groups in total. The molecule has 0 radical (unpaired) electrons. The van der Waals surface area contributed by atoms with Gasteiger partial charge in [0.05, 0.1) is 6.54 Å². The number of halogens is 1. The minimum absolute atomic E-state index is 0.105. The SMILES string of the molecule is O=C(Cn1nnc(-c2cccc(F)c2)n1)NCC1COc2ccccc2O1. The number of carbonyl (C=O) groups is 1. The van der Waals surface area contributed by atoms with Crippen molar-refractivity contribution in [3.63, 3.8) is 0 Å². The first-order chi connectivity index (χ1) is 13.2. The lowest BCUT2D eigenvalue weighted by atomic mass is 10.2. The molecule has 138 valence electrons. The van der Waals surface area contributed by atoms with Crippen molar-refractivity contribution in [3.05, 3.63) is 54.3 Å². The van der Waals surface area contributed by atoms with E-state index in [1.807, 2.05) is 24.3 Å². The predicted octanol–water partition coefficient (Wildman–Crippen LogP) is 1.44. The molecule has 1 aliphatic heterocycles. The van der Waals surface area contributed by atoms with Gasteiger partial charge in [-0.2, -0.15) is 4.80 Å². The minimum Gasteiger partial charge on any atom is -0.486 e. The van der Waals surface area contributed by atoms with E-state index in [2.05, 4.69) is 20.7 Å². The molecule has 0 spiro atoms. The number of hydrogen-bond donors (Lipinski definition) is 1. The van der Waals surface area contributed by atoms with Crippen LogP contribution in [-0.2, 0) is 11.3 Å². The van der Waals surface area contributed by atoms with Gasteiger partial charge >= 0.3 is 0 Å². The lowest BCUT2D eigenvalue weighted by molar-refractivity contribution is -0.122. The molecule has 2 aromatic carbocycles. The maximum atomic E-state index is 13.3. The molecule has 27 heavy (non-hydrogen) atoms. The molecule has 1 atom stereocenters. The number of fused-ring (bicyclic) bond motifs is 1. The quantitative estimate of drug-likeness (QED) is 0.732. The van der Waals surface area contributed by atoms with Crippen LogP contribution in [0.15, 0.2) is 48.5 Å². The number of ether oxygens (including phenoxy) is 2. The van der Waals surface area contributed by atoms with Gasteiger partial charge in [0.2, 0.25) is 11.7 Å².